The second kappa shape index (κ2) is 4.53. The quantitative estimate of drug-likeness (QED) is 0.766. The van der Waals surface area contributed by atoms with Gasteiger partial charge in [0.1, 0.15) is 0 Å². The maximum absolute atomic E-state index is 11.7. The Bertz CT molecular complexity index is 276. The molecule has 0 aromatic rings. The summed E-state index contributed by atoms with van der Waals surface area (Å²) in [5.74, 6) is 2.90. The molecule has 0 aliphatic heterocycles. The number of nitrogens with one attached hydrogen (secondary N) is 1. The van der Waals surface area contributed by atoms with Crippen LogP contribution in [0.3, 0.4) is 0 Å². The highest BCUT2D eigenvalue weighted by molar-refractivity contribution is 5.85. The molecule has 0 aromatic heterocycles. The summed E-state index contributed by atoms with van der Waals surface area (Å²) in [7, 11) is 0. The minimum atomic E-state index is 0. The summed E-state index contributed by atoms with van der Waals surface area (Å²) in [4.78, 5) is 11.7. The first-order valence-corrected chi connectivity index (χ1v) is 6.29. The molecule has 0 heterocycles. The highest BCUT2D eigenvalue weighted by Crippen LogP contribution is 2.54. The molecule has 3 aliphatic rings. The molecule has 0 spiro atoms. The molecule has 3 unspecified atom stereocenters. The van der Waals surface area contributed by atoms with Gasteiger partial charge < -0.3 is 11.1 Å². The Morgan fingerprint density at radius 2 is 2.00 bits per heavy atom. The molecule has 0 bridgehead atoms. The van der Waals surface area contributed by atoms with Gasteiger partial charge in [-0.3, -0.25) is 4.79 Å². The molecule has 92 valence electrons. The Hall–Kier alpha value is -0.280. The van der Waals surface area contributed by atoms with Crippen molar-refractivity contribution in [3.63, 3.8) is 0 Å². The number of hydrogen-bond donors (Lipinski definition) is 2. The third kappa shape index (κ3) is 2.69. The molecule has 3 saturated carbocycles. The van der Waals surface area contributed by atoms with E-state index >= 15 is 0 Å². The largest absolute Gasteiger partial charge is 0.354 e. The van der Waals surface area contributed by atoms with Crippen LogP contribution in [0.2, 0.25) is 0 Å². The number of nitrogens with two attached hydrogens (primary N) is 1. The van der Waals surface area contributed by atoms with Gasteiger partial charge >= 0.3 is 0 Å². The van der Waals surface area contributed by atoms with Crippen LogP contribution >= 0.6 is 12.4 Å². The van der Waals surface area contributed by atoms with Crippen molar-refractivity contribution in [1.82, 2.24) is 5.32 Å². The molecule has 3 fully saturated rings. The highest BCUT2D eigenvalue weighted by Gasteiger charge is 2.51. The van der Waals surface area contributed by atoms with Gasteiger partial charge in [0.25, 0.3) is 0 Å². The molecule has 3 atom stereocenters. The number of halogens is 1. The maximum atomic E-state index is 11.7. The number of rotatable bonds is 5. The summed E-state index contributed by atoms with van der Waals surface area (Å²) in [6.07, 6.45) is 6.36. The summed E-state index contributed by atoms with van der Waals surface area (Å²) in [6, 6.07) is 0.201. The van der Waals surface area contributed by atoms with E-state index < -0.39 is 0 Å². The van der Waals surface area contributed by atoms with Crippen LogP contribution in [0.5, 0.6) is 0 Å². The van der Waals surface area contributed by atoms with E-state index in [1.165, 1.54) is 25.7 Å². The first kappa shape index (κ1) is 12.2. The van der Waals surface area contributed by atoms with Crippen molar-refractivity contribution in [2.75, 3.05) is 6.54 Å². The molecule has 3 rings (SSSR count). The van der Waals surface area contributed by atoms with E-state index in [0.29, 0.717) is 18.4 Å². The lowest BCUT2D eigenvalue weighted by Crippen LogP contribution is -2.39. The van der Waals surface area contributed by atoms with Gasteiger partial charge in [-0.25, -0.2) is 0 Å². The summed E-state index contributed by atoms with van der Waals surface area (Å²) in [6.45, 7) is 0.692. The number of hydrogen-bond acceptors (Lipinski definition) is 2. The average molecular weight is 245 g/mol. The molecule has 3 nitrogen and oxygen atoms in total. The van der Waals surface area contributed by atoms with Gasteiger partial charge in [-0.2, -0.15) is 0 Å². The zero-order chi connectivity index (χ0) is 10.4. The van der Waals surface area contributed by atoms with Crippen LogP contribution in [0.4, 0.5) is 0 Å². The van der Waals surface area contributed by atoms with Crippen LogP contribution in [0.25, 0.3) is 0 Å². The molecule has 3 N–H and O–H groups in total. The van der Waals surface area contributed by atoms with Crippen LogP contribution in [0, 0.1) is 23.7 Å². The van der Waals surface area contributed by atoms with E-state index in [9.17, 15) is 4.79 Å². The lowest BCUT2D eigenvalue weighted by molar-refractivity contribution is -0.122. The van der Waals surface area contributed by atoms with E-state index in [1.54, 1.807) is 0 Å². The SMILES string of the molecule is Cl.NC(CNC(=O)C1CC1C1CC1)C1CC1. The van der Waals surface area contributed by atoms with Crippen LogP contribution < -0.4 is 11.1 Å². The van der Waals surface area contributed by atoms with Gasteiger partial charge in [-0.1, -0.05) is 0 Å². The normalized spacial score (nSPS) is 33.8. The molecule has 0 radical (unpaired) electrons. The Morgan fingerprint density at radius 1 is 1.31 bits per heavy atom. The third-order valence-electron chi connectivity index (χ3n) is 4.14. The standard InChI is InChI=1S/C12H20N2O.ClH/c13-11(8-3-4-8)6-14-12(15)10-5-9(10)7-1-2-7;/h7-11H,1-6,13H2,(H,14,15);1H. The van der Waals surface area contributed by atoms with Gasteiger partial charge in [0.15, 0.2) is 0 Å². The smallest absolute Gasteiger partial charge is 0.223 e. The van der Waals surface area contributed by atoms with E-state index in [4.69, 9.17) is 5.73 Å². The predicted molar refractivity (Wildman–Crippen MR) is 65.3 cm³/mol. The molecule has 4 heteroatoms. The fourth-order valence-electron chi connectivity index (χ4n) is 2.60. The molecule has 3 aliphatic carbocycles. The van der Waals surface area contributed by atoms with Crippen LogP contribution in [-0.2, 0) is 4.79 Å². The van der Waals surface area contributed by atoms with Crippen molar-refractivity contribution in [3.8, 4) is 0 Å². The maximum Gasteiger partial charge on any atom is 0.223 e. The van der Waals surface area contributed by atoms with Crippen LogP contribution in [0.1, 0.15) is 32.1 Å². The minimum Gasteiger partial charge on any atom is -0.354 e. The first-order valence-electron chi connectivity index (χ1n) is 6.29. The summed E-state index contributed by atoms with van der Waals surface area (Å²) >= 11 is 0. The van der Waals surface area contributed by atoms with Crippen molar-refractivity contribution in [2.45, 2.75) is 38.1 Å². The van der Waals surface area contributed by atoms with Crippen molar-refractivity contribution in [1.29, 1.82) is 0 Å². The third-order valence-corrected chi connectivity index (χ3v) is 4.14. The minimum absolute atomic E-state index is 0. The van der Waals surface area contributed by atoms with Gasteiger partial charge in [0.05, 0.1) is 0 Å². The molecule has 1 amide bonds. The highest BCUT2D eigenvalue weighted by atomic mass is 35.5. The zero-order valence-corrected chi connectivity index (χ0v) is 10.3. The van der Waals surface area contributed by atoms with Crippen LogP contribution in [-0.4, -0.2) is 18.5 Å². The molecular formula is C12H21ClN2O. The number of amides is 1. The van der Waals surface area contributed by atoms with E-state index in [-0.39, 0.29) is 24.4 Å². The number of carbonyl (C=O) groups excluding carboxylic acids is 1. The fraction of sp³-hybridized carbons (Fsp3) is 0.917. The Kier molecular flexibility index (Phi) is 3.45. The monoisotopic (exact) mass is 244 g/mol. The first-order chi connectivity index (χ1) is 7.25. The second-order valence-corrected chi connectivity index (χ2v) is 5.59. The average Bonchev–Trinajstić information content (AvgIpc) is 3.08. The van der Waals surface area contributed by atoms with Crippen molar-refractivity contribution in [3.05, 3.63) is 0 Å². The topological polar surface area (TPSA) is 55.1 Å². The second-order valence-electron chi connectivity index (χ2n) is 5.59. The van der Waals surface area contributed by atoms with Crippen LogP contribution in [0.15, 0.2) is 0 Å². The van der Waals surface area contributed by atoms with E-state index in [1.807, 2.05) is 0 Å². The summed E-state index contributed by atoms with van der Waals surface area (Å²) in [5.41, 5.74) is 5.94. The van der Waals surface area contributed by atoms with Gasteiger partial charge in [-0.05, 0) is 49.9 Å². The molecule has 16 heavy (non-hydrogen) atoms. The van der Waals surface area contributed by atoms with E-state index in [0.717, 1.165) is 18.3 Å². The zero-order valence-electron chi connectivity index (χ0n) is 9.52. The fourth-order valence-corrected chi connectivity index (χ4v) is 2.60. The Morgan fingerprint density at radius 3 is 2.56 bits per heavy atom. The Labute approximate surface area is 103 Å². The van der Waals surface area contributed by atoms with Crippen molar-refractivity contribution < 1.29 is 4.79 Å². The lowest BCUT2D eigenvalue weighted by Gasteiger charge is -2.11. The molecule has 0 aromatic carbocycles. The molecule has 0 saturated heterocycles. The summed E-state index contributed by atoms with van der Waals surface area (Å²) < 4.78 is 0. The van der Waals surface area contributed by atoms with Crippen molar-refractivity contribution in [2.24, 2.45) is 29.4 Å². The Balaban J connectivity index is 0.000000963. The van der Waals surface area contributed by atoms with Gasteiger partial charge in [-0.15, -0.1) is 12.4 Å². The van der Waals surface area contributed by atoms with E-state index in [2.05, 4.69) is 5.32 Å². The van der Waals surface area contributed by atoms with Gasteiger partial charge in [0.2, 0.25) is 5.91 Å². The lowest BCUT2D eigenvalue weighted by atomic mass is 10.2. The summed E-state index contributed by atoms with van der Waals surface area (Å²) in [5, 5.41) is 3.01. The predicted octanol–water partition coefficient (Wildman–Crippen LogP) is 1.31. The van der Waals surface area contributed by atoms with Crippen molar-refractivity contribution >= 4 is 18.3 Å². The van der Waals surface area contributed by atoms with Gasteiger partial charge in [0, 0.05) is 18.5 Å². The number of carbonyl (C=O) groups is 1. The molecular weight excluding hydrogens is 224 g/mol.